The second-order valence-electron chi connectivity index (χ2n) is 7.18. The van der Waals surface area contributed by atoms with E-state index in [-0.39, 0.29) is 17.5 Å². The quantitative estimate of drug-likeness (QED) is 0.661. The number of methoxy groups -OCH3 is 1. The maximum Gasteiger partial charge on any atom is 0.252 e. The van der Waals surface area contributed by atoms with Gasteiger partial charge < -0.3 is 21.5 Å². The second kappa shape index (κ2) is 8.19. The van der Waals surface area contributed by atoms with E-state index in [1.165, 1.54) is 18.7 Å². The van der Waals surface area contributed by atoms with Gasteiger partial charge in [-0.25, -0.2) is 0 Å². The monoisotopic (exact) mass is 387 g/mol. The molecule has 0 saturated carbocycles. The molecule has 1 aliphatic heterocycles. The Morgan fingerprint density at radius 2 is 2.04 bits per heavy atom. The Hall–Kier alpha value is -2.24. The molecule has 0 aromatic heterocycles. The Balaban J connectivity index is 2.15. The number of nitrogens with one attached hydrogen (secondary N) is 1. The summed E-state index contributed by atoms with van der Waals surface area (Å²) in [5.74, 6) is -0.156. The number of benzene rings is 2. The molecular formula is C21H26ClN3O2. The molecular weight excluding hydrogens is 362 g/mol. The number of ether oxygens (including phenoxy) is 1. The third-order valence-electron chi connectivity index (χ3n) is 5.34. The number of nitrogen functional groups attached to an aromatic ring is 1. The molecule has 1 saturated heterocycles. The van der Waals surface area contributed by atoms with Crippen molar-refractivity contribution in [2.45, 2.75) is 44.2 Å². The topological polar surface area (TPSA) is 90.4 Å². The second-order valence-corrected chi connectivity index (χ2v) is 7.59. The van der Waals surface area contributed by atoms with Crippen LogP contribution < -0.4 is 21.5 Å². The van der Waals surface area contributed by atoms with Crippen LogP contribution in [0.3, 0.4) is 0 Å². The minimum atomic E-state index is -0.582. The van der Waals surface area contributed by atoms with Crippen molar-refractivity contribution in [3.63, 3.8) is 0 Å². The van der Waals surface area contributed by atoms with Crippen molar-refractivity contribution in [2.75, 3.05) is 12.8 Å². The highest BCUT2D eigenvalue weighted by atomic mass is 35.5. The molecule has 1 amide bonds. The summed E-state index contributed by atoms with van der Waals surface area (Å²) < 4.78 is 5.61. The summed E-state index contributed by atoms with van der Waals surface area (Å²) in [6.45, 7) is 2.17. The largest absolute Gasteiger partial charge is 0.496 e. The molecule has 6 heteroatoms. The van der Waals surface area contributed by atoms with Gasteiger partial charge in [-0.1, -0.05) is 41.9 Å². The molecule has 144 valence electrons. The summed E-state index contributed by atoms with van der Waals surface area (Å²) in [5, 5.41) is 3.97. The number of carbonyl (C=O) groups excluding carboxylic acids is 1. The molecule has 3 atom stereocenters. The number of halogens is 1. The maximum atomic E-state index is 12.0. The molecule has 27 heavy (non-hydrogen) atoms. The first kappa shape index (κ1) is 19.5. The fourth-order valence-corrected chi connectivity index (χ4v) is 4.24. The van der Waals surface area contributed by atoms with Crippen molar-refractivity contribution in [1.82, 2.24) is 5.32 Å². The number of hydrogen-bond donors (Lipinski definition) is 3. The lowest BCUT2D eigenvalue weighted by molar-refractivity contribution is 0.0997. The van der Waals surface area contributed by atoms with E-state index in [9.17, 15) is 4.79 Å². The smallest absolute Gasteiger partial charge is 0.252 e. The Bertz CT molecular complexity index is 826. The predicted octanol–water partition coefficient (Wildman–Crippen LogP) is 3.50. The van der Waals surface area contributed by atoms with Gasteiger partial charge in [-0.05, 0) is 37.8 Å². The maximum absolute atomic E-state index is 12.0. The molecule has 1 aliphatic rings. The molecule has 0 radical (unpaired) electrons. The van der Waals surface area contributed by atoms with Crippen LogP contribution in [0, 0.1) is 0 Å². The minimum absolute atomic E-state index is 0.00380. The molecule has 0 aliphatic carbocycles. The summed E-state index contributed by atoms with van der Waals surface area (Å²) in [7, 11) is 1.53. The molecule has 3 unspecified atom stereocenters. The lowest BCUT2D eigenvalue weighted by Crippen LogP contribution is -2.34. The minimum Gasteiger partial charge on any atom is -0.496 e. The fraction of sp³-hybridized carbons (Fsp3) is 0.381. The summed E-state index contributed by atoms with van der Waals surface area (Å²) in [4.78, 5) is 12.0. The van der Waals surface area contributed by atoms with E-state index in [1.807, 2.05) is 18.2 Å². The number of hydrogen-bond acceptors (Lipinski definition) is 4. The van der Waals surface area contributed by atoms with Gasteiger partial charge in [0.15, 0.2) is 0 Å². The normalized spacial score (nSPS) is 20.4. The predicted molar refractivity (Wildman–Crippen MR) is 109 cm³/mol. The average Bonchev–Trinajstić information content (AvgIpc) is 3.08. The van der Waals surface area contributed by atoms with Crippen molar-refractivity contribution in [3.8, 4) is 5.75 Å². The number of nitrogens with two attached hydrogens (primary N) is 2. The molecule has 5 nitrogen and oxygen atoms in total. The number of amides is 1. The highest BCUT2D eigenvalue weighted by molar-refractivity contribution is 6.33. The van der Waals surface area contributed by atoms with Crippen LogP contribution in [0.4, 0.5) is 5.69 Å². The summed E-state index contributed by atoms with van der Waals surface area (Å²) in [5.41, 5.74) is 14.6. The Labute approximate surface area is 165 Å². The molecule has 3 rings (SSSR count). The Morgan fingerprint density at radius 1 is 1.33 bits per heavy atom. The molecule has 2 aromatic carbocycles. The number of anilines is 1. The van der Waals surface area contributed by atoms with Gasteiger partial charge in [0, 0.05) is 23.6 Å². The van der Waals surface area contributed by atoms with Crippen molar-refractivity contribution < 1.29 is 9.53 Å². The van der Waals surface area contributed by atoms with E-state index >= 15 is 0 Å². The van der Waals surface area contributed by atoms with Gasteiger partial charge in [0.2, 0.25) is 0 Å². The highest BCUT2D eigenvalue weighted by Gasteiger charge is 2.34. The van der Waals surface area contributed by atoms with Gasteiger partial charge in [0.1, 0.15) is 5.75 Å². The average molecular weight is 388 g/mol. The van der Waals surface area contributed by atoms with Gasteiger partial charge >= 0.3 is 0 Å². The molecule has 0 spiro atoms. The van der Waals surface area contributed by atoms with Gasteiger partial charge in [-0.15, -0.1) is 0 Å². The van der Waals surface area contributed by atoms with E-state index in [4.69, 9.17) is 27.8 Å². The molecule has 1 heterocycles. The third-order valence-corrected chi connectivity index (χ3v) is 5.65. The van der Waals surface area contributed by atoms with Gasteiger partial charge in [0.25, 0.3) is 5.91 Å². The van der Waals surface area contributed by atoms with E-state index in [0.29, 0.717) is 22.5 Å². The molecule has 1 fully saturated rings. The number of rotatable bonds is 6. The zero-order valence-corrected chi connectivity index (χ0v) is 16.4. The van der Waals surface area contributed by atoms with Gasteiger partial charge in [-0.2, -0.15) is 0 Å². The molecule has 0 bridgehead atoms. The van der Waals surface area contributed by atoms with Crippen LogP contribution in [-0.4, -0.2) is 25.1 Å². The van der Waals surface area contributed by atoms with Crippen LogP contribution >= 0.6 is 11.6 Å². The Kier molecular flexibility index (Phi) is 5.92. The first-order valence-electron chi connectivity index (χ1n) is 9.18. The van der Waals surface area contributed by atoms with Crippen LogP contribution in [0.15, 0.2) is 36.4 Å². The van der Waals surface area contributed by atoms with Crippen molar-refractivity contribution >= 4 is 23.2 Å². The SMILES string of the molecule is COc1c(C(N)=O)cc(Cl)c(N)c1C(Cc1ccccc1)C1CCC(C)N1. The van der Waals surface area contributed by atoms with Gasteiger partial charge in [0.05, 0.1) is 23.4 Å². The number of primary amides is 1. The van der Waals surface area contributed by atoms with Crippen LogP contribution in [-0.2, 0) is 6.42 Å². The van der Waals surface area contributed by atoms with Crippen molar-refractivity contribution in [3.05, 3.63) is 58.1 Å². The molecule has 5 N–H and O–H groups in total. The summed E-state index contributed by atoms with van der Waals surface area (Å²) in [6.07, 6.45) is 2.85. The number of carbonyl (C=O) groups is 1. The standard InChI is InChI=1S/C21H26ClN3O2/c1-12-8-9-17(25-12)14(10-13-6-4-3-5-7-13)18-19(23)16(22)11-15(21(24)26)20(18)27-2/h3-7,11-12,14,17,25H,8-10,23H2,1-2H3,(H2,24,26). The fourth-order valence-electron chi connectivity index (χ4n) is 4.03. The third kappa shape index (κ3) is 4.04. The Morgan fingerprint density at radius 3 is 2.59 bits per heavy atom. The first-order chi connectivity index (χ1) is 12.9. The van der Waals surface area contributed by atoms with Crippen LogP contribution in [0.2, 0.25) is 5.02 Å². The van der Waals surface area contributed by atoms with E-state index in [1.54, 1.807) is 0 Å². The molecule has 2 aromatic rings. The van der Waals surface area contributed by atoms with Crippen molar-refractivity contribution in [2.24, 2.45) is 5.73 Å². The van der Waals surface area contributed by atoms with Crippen LogP contribution in [0.25, 0.3) is 0 Å². The van der Waals surface area contributed by atoms with E-state index in [0.717, 1.165) is 24.8 Å². The lowest BCUT2D eigenvalue weighted by Gasteiger charge is -2.29. The van der Waals surface area contributed by atoms with Crippen LogP contribution in [0.1, 0.15) is 47.2 Å². The summed E-state index contributed by atoms with van der Waals surface area (Å²) in [6, 6.07) is 12.3. The van der Waals surface area contributed by atoms with E-state index < -0.39 is 5.91 Å². The summed E-state index contributed by atoms with van der Waals surface area (Å²) >= 11 is 6.37. The van der Waals surface area contributed by atoms with Gasteiger partial charge in [-0.3, -0.25) is 4.79 Å². The van der Waals surface area contributed by atoms with Crippen molar-refractivity contribution in [1.29, 1.82) is 0 Å². The highest BCUT2D eigenvalue weighted by Crippen LogP contribution is 2.43. The van der Waals surface area contributed by atoms with E-state index in [2.05, 4.69) is 24.4 Å². The zero-order chi connectivity index (χ0) is 19.6. The van der Waals surface area contributed by atoms with Crippen LogP contribution in [0.5, 0.6) is 5.75 Å². The first-order valence-corrected chi connectivity index (χ1v) is 9.55. The zero-order valence-electron chi connectivity index (χ0n) is 15.7. The lowest BCUT2D eigenvalue weighted by atomic mass is 9.82.